The maximum absolute atomic E-state index is 12.3. The lowest BCUT2D eigenvalue weighted by Gasteiger charge is -2.32. The summed E-state index contributed by atoms with van der Waals surface area (Å²) >= 11 is 6.04. The fourth-order valence-corrected chi connectivity index (χ4v) is 3.18. The summed E-state index contributed by atoms with van der Waals surface area (Å²) in [4.78, 5) is 14.5. The maximum atomic E-state index is 12.3. The molecule has 3 rings (SSSR count). The Morgan fingerprint density at radius 1 is 1.48 bits per heavy atom. The molecule has 1 aromatic rings. The van der Waals surface area contributed by atoms with E-state index in [0.717, 1.165) is 43.3 Å². The molecule has 1 aromatic carbocycles. The highest BCUT2D eigenvalue weighted by molar-refractivity contribution is 6.30. The molecule has 0 spiro atoms. The van der Waals surface area contributed by atoms with Crippen molar-refractivity contribution in [3.8, 4) is 0 Å². The number of carbonyl (C=O) groups is 1. The Kier molecular flexibility index (Phi) is 4.36. The SMILES string of the molecule is CC(C(=O)NC1CCN(c2cccc(Cl)c2)C1)C1CNC1. The van der Waals surface area contributed by atoms with E-state index >= 15 is 0 Å². The van der Waals surface area contributed by atoms with E-state index in [4.69, 9.17) is 11.6 Å². The summed E-state index contributed by atoms with van der Waals surface area (Å²) in [5.41, 5.74) is 1.13. The molecule has 2 aliphatic rings. The molecule has 4 nitrogen and oxygen atoms in total. The van der Waals surface area contributed by atoms with E-state index in [-0.39, 0.29) is 17.9 Å². The summed E-state index contributed by atoms with van der Waals surface area (Å²) in [5.74, 6) is 0.793. The molecule has 0 aliphatic carbocycles. The molecule has 2 aliphatic heterocycles. The predicted molar refractivity (Wildman–Crippen MR) is 85.7 cm³/mol. The number of nitrogens with zero attached hydrogens (tertiary/aromatic N) is 1. The van der Waals surface area contributed by atoms with Crippen LogP contribution in [0.25, 0.3) is 0 Å². The second-order valence-corrected chi connectivity index (χ2v) is 6.56. The highest BCUT2D eigenvalue weighted by atomic mass is 35.5. The number of nitrogens with one attached hydrogen (secondary N) is 2. The van der Waals surface area contributed by atoms with Gasteiger partial charge in [0.15, 0.2) is 0 Å². The van der Waals surface area contributed by atoms with Crippen LogP contribution in [0.2, 0.25) is 5.02 Å². The minimum atomic E-state index is 0.103. The average molecular weight is 308 g/mol. The molecule has 0 radical (unpaired) electrons. The van der Waals surface area contributed by atoms with E-state index in [1.807, 2.05) is 25.1 Å². The van der Waals surface area contributed by atoms with Crippen molar-refractivity contribution in [2.45, 2.75) is 19.4 Å². The second kappa shape index (κ2) is 6.24. The molecule has 1 amide bonds. The summed E-state index contributed by atoms with van der Waals surface area (Å²) in [7, 11) is 0. The number of hydrogen-bond acceptors (Lipinski definition) is 3. The van der Waals surface area contributed by atoms with Crippen molar-refractivity contribution in [3.05, 3.63) is 29.3 Å². The van der Waals surface area contributed by atoms with Gasteiger partial charge >= 0.3 is 0 Å². The Balaban J connectivity index is 1.53. The van der Waals surface area contributed by atoms with Gasteiger partial charge in [-0.05, 0) is 43.6 Å². The first-order chi connectivity index (χ1) is 10.1. The molecule has 2 heterocycles. The summed E-state index contributed by atoms with van der Waals surface area (Å²) in [5, 5.41) is 7.18. The monoisotopic (exact) mass is 307 g/mol. The van der Waals surface area contributed by atoms with Crippen LogP contribution in [0.3, 0.4) is 0 Å². The van der Waals surface area contributed by atoms with Crippen LogP contribution < -0.4 is 15.5 Å². The van der Waals surface area contributed by atoms with Crippen LogP contribution in [0.4, 0.5) is 5.69 Å². The van der Waals surface area contributed by atoms with Gasteiger partial charge in [0.1, 0.15) is 0 Å². The van der Waals surface area contributed by atoms with Gasteiger partial charge in [0, 0.05) is 35.8 Å². The summed E-state index contributed by atoms with van der Waals surface area (Å²) in [6.07, 6.45) is 0.994. The van der Waals surface area contributed by atoms with E-state index in [1.54, 1.807) is 0 Å². The van der Waals surface area contributed by atoms with Crippen LogP contribution in [0.15, 0.2) is 24.3 Å². The fraction of sp³-hybridized carbons (Fsp3) is 0.562. The molecule has 21 heavy (non-hydrogen) atoms. The van der Waals surface area contributed by atoms with E-state index in [2.05, 4.69) is 21.6 Å². The van der Waals surface area contributed by atoms with Crippen LogP contribution in [0.1, 0.15) is 13.3 Å². The van der Waals surface area contributed by atoms with Crippen molar-refractivity contribution < 1.29 is 4.79 Å². The Bertz CT molecular complexity index is 518. The van der Waals surface area contributed by atoms with Gasteiger partial charge < -0.3 is 15.5 Å². The molecule has 2 fully saturated rings. The first-order valence-corrected chi connectivity index (χ1v) is 8.03. The minimum absolute atomic E-state index is 0.103. The molecular weight excluding hydrogens is 286 g/mol. The lowest BCUT2D eigenvalue weighted by Crippen LogP contribution is -2.51. The quantitative estimate of drug-likeness (QED) is 0.893. The maximum Gasteiger partial charge on any atom is 0.223 e. The van der Waals surface area contributed by atoms with Crippen molar-refractivity contribution in [1.82, 2.24) is 10.6 Å². The first kappa shape index (κ1) is 14.7. The van der Waals surface area contributed by atoms with Crippen molar-refractivity contribution in [3.63, 3.8) is 0 Å². The standard InChI is InChI=1S/C16H22ClN3O/c1-11(12-8-18-9-12)16(21)19-14-5-6-20(10-14)15-4-2-3-13(17)7-15/h2-4,7,11-12,14,18H,5-6,8-10H2,1H3,(H,19,21). The fourth-order valence-electron chi connectivity index (χ4n) is 3.00. The van der Waals surface area contributed by atoms with E-state index in [0.29, 0.717) is 5.92 Å². The largest absolute Gasteiger partial charge is 0.369 e. The Hall–Kier alpha value is -1.26. The minimum Gasteiger partial charge on any atom is -0.369 e. The zero-order valence-electron chi connectivity index (χ0n) is 12.3. The predicted octanol–water partition coefficient (Wildman–Crippen LogP) is 1.89. The van der Waals surface area contributed by atoms with Gasteiger partial charge in [-0.2, -0.15) is 0 Å². The van der Waals surface area contributed by atoms with Crippen molar-refractivity contribution in [1.29, 1.82) is 0 Å². The smallest absolute Gasteiger partial charge is 0.223 e. The average Bonchev–Trinajstić information content (AvgIpc) is 2.85. The number of halogens is 1. The van der Waals surface area contributed by atoms with Gasteiger partial charge in [-0.1, -0.05) is 24.6 Å². The highest BCUT2D eigenvalue weighted by Crippen LogP contribution is 2.24. The number of anilines is 1. The van der Waals surface area contributed by atoms with Gasteiger partial charge in [0.2, 0.25) is 5.91 Å². The van der Waals surface area contributed by atoms with Crippen LogP contribution in [0.5, 0.6) is 0 Å². The number of hydrogen-bond donors (Lipinski definition) is 2. The van der Waals surface area contributed by atoms with Crippen molar-refractivity contribution >= 4 is 23.2 Å². The zero-order valence-corrected chi connectivity index (χ0v) is 13.1. The molecular formula is C16H22ClN3O. The van der Waals surface area contributed by atoms with Crippen molar-refractivity contribution in [2.24, 2.45) is 11.8 Å². The molecule has 2 atom stereocenters. The van der Waals surface area contributed by atoms with Crippen LogP contribution in [0, 0.1) is 11.8 Å². The second-order valence-electron chi connectivity index (χ2n) is 6.13. The van der Waals surface area contributed by atoms with Crippen LogP contribution in [-0.2, 0) is 4.79 Å². The van der Waals surface area contributed by atoms with Gasteiger partial charge in [0.05, 0.1) is 0 Å². The molecule has 0 saturated carbocycles. The molecule has 114 valence electrons. The van der Waals surface area contributed by atoms with Gasteiger partial charge in [-0.3, -0.25) is 4.79 Å². The third kappa shape index (κ3) is 3.33. The molecule has 2 unspecified atom stereocenters. The molecule has 2 saturated heterocycles. The topological polar surface area (TPSA) is 44.4 Å². The van der Waals surface area contributed by atoms with Gasteiger partial charge in [-0.15, -0.1) is 0 Å². The molecule has 0 aromatic heterocycles. The summed E-state index contributed by atoms with van der Waals surface area (Å²) in [6, 6.07) is 8.14. The normalized spacial score (nSPS) is 23.7. The van der Waals surface area contributed by atoms with E-state index in [1.165, 1.54) is 0 Å². The number of benzene rings is 1. The number of rotatable bonds is 4. The molecule has 2 N–H and O–H groups in total. The lowest BCUT2D eigenvalue weighted by molar-refractivity contribution is -0.127. The van der Waals surface area contributed by atoms with E-state index in [9.17, 15) is 4.79 Å². The Morgan fingerprint density at radius 2 is 2.29 bits per heavy atom. The van der Waals surface area contributed by atoms with Crippen LogP contribution in [-0.4, -0.2) is 38.1 Å². The van der Waals surface area contributed by atoms with E-state index < -0.39 is 0 Å². The number of amides is 1. The lowest BCUT2D eigenvalue weighted by atomic mass is 9.88. The summed E-state index contributed by atoms with van der Waals surface area (Å²) < 4.78 is 0. The Morgan fingerprint density at radius 3 is 2.95 bits per heavy atom. The third-order valence-corrected chi connectivity index (χ3v) is 4.88. The van der Waals surface area contributed by atoms with Crippen LogP contribution >= 0.6 is 11.6 Å². The number of carbonyl (C=O) groups excluding carboxylic acids is 1. The molecule has 5 heteroatoms. The third-order valence-electron chi connectivity index (χ3n) is 4.64. The van der Waals surface area contributed by atoms with Gasteiger partial charge in [0.25, 0.3) is 0 Å². The molecule has 0 bridgehead atoms. The zero-order chi connectivity index (χ0) is 14.8. The highest BCUT2D eigenvalue weighted by Gasteiger charge is 2.31. The van der Waals surface area contributed by atoms with Crippen molar-refractivity contribution in [2.75, 3.05) is 31.1 Å². The summed E-state index contributed by atoms with van der Waals surface area (Å²) in [6.45, 7) is 5.79. The first-order valence-electron chi connectivity index (χ1n) is 7.65. The Labute approximate surface area is 130 Å². The van der Waals surface area contributed by atoms with Gasteiger partial charge in [-0.25, -0.2) is 0 Å².